The molecule has 270 valence electrons. The smallest absolute Gasteiger partial charge is 0.184 e. The lowest BCUT2D eigenvalue weighted by atomic mass is 10.0. The quantitative estimate of drug-likeness (QED) is 0.143. The van der Waals surface area contributed by atoms with E-state index in [-0.39, 0.29) is 0 Å². The Labute approximate surface area is 336 Å². The Hall–Kier alpha value is -7.20. The van der Waals surface area contributed by atoms with Gasteiger partial charge in [-0.2, -0.15) is 0 Å². The predicted octanol–water partition coefficient (Wildman–Crippen LogP) is 11.7. The molecular weight excluding hydrogens is 705 g/mol. The second kappa shape index (κ2) is 14.8. The molecular formula is C54H40N2Si. The number of anilines is 6. The molecule has 0 atom stereocenters. The van der Waals surface area contributed by atoms with E-state index in [0.29, 0.717) is 0 Å². The lowest BCUT2D eigenvalue weighted by Gasteiger charge is -2.45. The normalized spacial score (nSPS) is 12.7. The summed E-state index contributed by atoms with van der Waals surface area (Å²) in [6.45, 7) is 0. The minimum Gasteiger partial charge on any atom is -0.311 e. The van der Waals surface area contributed by atoms with Gasteiger partial charge in [-0.15, -0.1) is 0 Å². The van der Waals surface area contributed by atoms with E-state index < -0.39 is 8.07 Å². The molecule has 0 bridgehead atoms. The molecule has 0 aromatic heterocycles. The average molecular weight is 745 g/mol. The van der Waals surface area contributed by atoms with Crippen LogP contribution in [0, 0.1) is 0 Å². The summed E-state index contributed by atoms with van der Waals surface area (Å²) in [6, 6.07) is 88.9. The van der Waals surface area contributed by atoms with Gasteiger partial charge in [0.1, 0.15) is 0 Å². The van der Waals surface area contributed by atoms with Crippen LogP contribution < -0.4 is 30.5 Å². The third-order valence-electron chi connectivity index (χ3n) is 11.3. The van der Waals surface area contributed by atoms with E-state index in [0.717, 1.165) is 22.7 Å². The third-order valence-corrected chi connectivity index (χ3v) is 16.2. The van der Waals surface area contributed by atoms with Crippen LogP contribution in [0.2, 0.25) is 0 Å². The number of para-hydroxylation sites is 3. The highest BCUT2D eigenvalue weighted by Gasteiger charge is 2.49. The fourth-order valence-electron chi connectivity index (χ4n) is 8.83. The Kier molecular flexibility index (Phi) is 8.90. The Balaban J connectivity index is 1.27. The summed E-state index contributed by atoms with van der Waals surface area (Å²) in [5, 5.41) is 5.48. The molecule has 0 N–H and O–H groups in total. The molecule has 10 rings (SSSR count). The average Bonchev–Trinajstić information content (AvgIpc) is 3.30. The van der Waals surface area contributed by atoms with Crippen molar-refractivity contribution in [2.75, 3.05) is 9.80 Å². The van der Waals surface area contributed by atoms with E-state index in [4.69, 9.17) is 0 Å². The number of nitrogens with zero attached hydrogens (tertiary/aromatic N) is 2. The largest absolute Gasteiger partial charge is 0.311 e. The molecule has 0 spiro atoms. The van der Waals surface area contributed by atoms with Gasteiger partial charge in [-0.3, -0.25) is 0 Å². The molecule has 0 saturated heterocycles. The third kappa shape index (κ3) is 5.97. The van der Waals surface area contributed by atoms with E-state index in [2.05, 4.69) is 252 Å². The monoisotopic (exact) mass is 744 g/mol. The van der Waals surface area contributed by atoms with Crippen LogP contribution in [0.5, 0.6) is 0 Å². The van der Waals surface area contributed by atoms with E-state index in [1.54, 1.807) is 0 Å². The molecule has 0 fully saturated rings. The first-order valence-electron chi connectivity index (χ1n) is 19.6. The standard InChI is InChI=1S/C54H40N2Si/c1-6-20-41(21-7-1)42-34-36-45(37-35-42)55(50-31-17-16-30-49(50)43-22-8-2-9-23-43)46-38-39-54-52(40-46)56(44-24-10-3-11-25-44)51-32-18-19-33-53(51)57(54,47-26-12-4-13-27-47)48-28-14-5-15-29-48/h1-40H. The number of hydrogen-bond acceptors (Lipinski definition) is 2. The van der Waals surface area contributed by atoms with Gasteiger partial charge in [-0.1, -0.05) is 194 Å². The van der Waals surface area contributed by atoms with E-state index >= 15 is 0 Å². The van der Waals surface area contributed by atoms with Crippen LogP contribution >= 0.6 is 0 Å². The van der Waals surface area contributed by atoms with Crippen molar-refractivity contribution >= 4 is 62.9 Å². The highest BCUT2D eigenvalue weighted by molar-refractivity contribution is 7.21. The molecule has 0 aliphatic carbocycles. The topological polar surface area (TPSA) is 6.48 Å². The predicted molar refractivity (Wildman–Crippen MR) is 244 cm³/mol. The zero-order chi connectivity index (χ0) is 38.0. The first-order valence-corrected chi connectivity index (χ1v) is 21.6. The van der Waals surface area contributed by atoms with Gasteiger partial charge >= 0.3 is 0 Å². The second-order valence-corrected chi connectivity index (χ2v) is 18.2. The Bertz CT molecular complexity index is 2730. The van der Waals surface area contributed by atoms with E-state index in [1.165, 1.54) is 54.4 Å². The van der Waals surface area contributed by atoms with Gasteiger partial charge in [-0.25, -0.2) is 0 Å². The first-order chi connectivity index (χ1) is 28.3. The Morgan fingerprint density at radius 3 is 1.46 bits per heavy atom. The maximum Gasteiger partial charge on any atom is 0.184 e. The molecule has 1 aliphatic rings. The van der Waals surface area contributed by atoms with Crippen molar-refractivity contribution in [3.8, 4) is 22.3 Å². The molecule has 0 saturated carbocycles. The highest BCUT2D eigenvalue weighted by atomic mass is 28.3. The summed E-state index contributed by atoms with van der Waals surface area (Å²) in [5.74, 6) is 0. The minimum absolute atomic E-state index is 1.09. The lowest BCUT2D eigenvalue weighted by molar-refractivity contribution is 1.25. The van der Waals surface area contributed by atoms with Crippen LogP contribution in [0.25, 0.3) is 22.3 Å². The zero-order valence-electron chi connectivity index (χ0n) is 31.5. The molecule has 9 aromatic rings. The Morgan fingerprint density at radius 1 is 0.333 bits per heavy atom. The number of rotatable bonds is 8. The molecule has 0 unspecified atom stereocenters. The van der Waals surface area contributed by atoms with E-state index in [9.17, 15) is 0 Å². The van der Waals surface area contributed by atoms with Crippen LogP contribution in [-0.4, -0.2) is 8.07 Å². The molecule has 1 aliphatic heterocycles. The van der Waals surface area contributed by atoms with E-state index in [1.807, 2.05) is 0 Å². The number of fused-ring (bicyclic) bond motifs is 2. The van der Waals surface area contributed by atoms with Gasteiger partial charge in [0.25, 0.3) is 0 Å². The van der Waals surface area contributed by atoms with Crippen molar-refractivity contribution < 1.29 is 0 Å². The van der Waals surface area contributed by atoms with Gasteiger partial charge in [0.05, 0.1) is 5.69 Å². The summed E-state index contributed by atoms with van der Waals surface area (Å²) >= 11 is 0. The summed E-state index contributed by atoms with van der Waals surface area (Å²) in [5.41, 5.74) is 11.6. The van der Waals surface area contributed by atoms with Gasteiger partial charge in [-0.05, 0) is 86.0 Å². The minimum atomic E-state index is -2.84. The summed E-state index contributed by atoms with van der Waals surface area (Å²) < 4.78 is 0. The van der Waals surface area contributed by atoms with Gasteiger partial charge in [0, 0.05) is 34.0 Å². The molecule has 57 heavy (non-hydrogen) atoms. The number of hydrogen-bond donors (Lipinski definition) is 0. The first kappa shape index (κ1) is 34.3. The number of benzene rings is 9. The zero-order valence-corrected chi connectivity index (χ0v) is 32.5. The summed E-state index contributed by atoms with van der Waals surface area (Å²) in [7, 11) is -2.84. The molecule has 9 aromatic carbocycles. The molecule has 3 heteroatoms. The van der Waals surface area contributed by atoms with Crippen molar-refractivity contribution in [2.24, 2.45) is 0 Å². The molecule has 0 amide bonds. The van der Waals surface area contributed by atoms with Crippen LogP contribution in [0.15, 0.2) is 243 Å². The van der Waals surface area contributed by atoms with Crippen LogP contribution in [0.3, 0.4) is 0 Å². The van der Waals surface area contributed by atoms with Crippen molar-refractivity contribution in [1.82, 2.24) is 0 Å². The molecule has 0 radical (unpaired) electrons. The SMILES string of the molecule is c1ccc(-c2ccc(N(c3ccc4c(c3)N(c3ccccc3)c3ccccc3[Si]4(c3ccccc3)c3ccccc3)c3ccccc3-c3ccccc3)cc2)cc1. The lowest BCUT2D eigenvalue weighted by Crippen LogP contribution is -2.77. The summed E-state index contributed by atoms with van der Waals surface area (Å²) in [6.07, 6.45) is 0. The second-order valence-electron chi connectivity index (χ2n) is 14.5. The van der Waals surface area contributed by atoms with Crippen molar-refractivity contribution in [1.29, 1.82) is 0 Å². The van der Waals surface area contributed by atoms with Crippen LogP contribution in [0.4, 0.5) is 34.1 Å². The van der Waals surface area contributed by atoms with Crippen LogP contribution in [0.1, 0.15) is 0 Å². The van der Waals surface area contributed by atoms with Crippen molar-refractivity contribution in [2.45, 2.75) is 0 Å². The van der Waals surface area contributed by atoms with Gasteiger partial charge in [0.15, 0.2) is 8.07 Å². The Morgan fingerprint density at radius 2 is 0.807 bits per heavy atom. The summed E-state index contributed by atoms with van der Waals surface area (Å²) in [4.78, 5) is 4.93. The maximum absolute atomic E-state index is 2.84. The molecule has 2 nitrogen and oxygen atoms in total. The highest BCUT2D eigenvalue weighted by Crippen LogP contribution is 2.45. The van der Waals surface area contributed by atoms with Crippen molar-refractivity contribution in [3.05, 3.63) is 243 Å². The fraction of sp³-hybridized carbons (Fsp3) is 0. The van der Waals surface area contributed by atoms with Gasteiger partial charge in [0.2, 0.25) is 0 Å². The molecule has 1 heterocycles. The van der Waals surface area contributed by atoms with Crippen LogP contribution in [-0.2, 0) is 0 Å². The maximum atomic E-state index is 2.49. The van der Waals surface area contributed by atoms with Gasteiger partial charge < -0.3 is 9.80 Å². The fourth-order valence-corrected chi connectivity index (χ4v) is 13.9. The van der Waals surface area contributed by atoms with Crippen molar-refractivity contribution in [3.63, 3.8) is 0 Å².